The Labute approximate surface area is 149 Å². The predicted octanol–water partition coefficient (Wildman–Crippen LogP) is 1.85. The van der Waals surface area contributed by atoms with Crippen LogP contribution < -0.4 is 4.72 Å². The highest BCUT2D eigenvalue weighted by Gasteiger charge is 2.35. The van der Waals surface area contributed by atoms with Crippen LogP contribution in [0.4, 0.5) is 0 Å². The Morgan fingerprint density at radius 3 is 2.92 bits per heavy atom. The zero-order valence-corrected chi connectivity index (χ0v) is 14.6. The summed E-state index contributed by atoms with van der Waals surface area (Å²) >= 11 is 0. The summed E-state index contributed by atoms with van der Waals surface area (Å²) in [5, 5.41) is 9.18. The molecule has 2 N–H and O–H groups in total. The second-order valence-corrected chi connectivity index (χ2v) is 8.48. The molecule has 0 amide bonds. The summed E-state index contributed by atoms with van der Waals surface area (Å²) in [4.78, 5) is 7.57. The van der Waals surface area contributed by atoms with Gasteiger partial charge in [-0.2, -0.15) is 14.8 Å². The van der Waals surface area contributed by atoms with E-state index >= 15 is 0 Å². The van der Waals surface area contributed by atoms with E-state index in [4.69, 9.17) is 0 Å². The molecule has 4 heterocycles. The van der Waals surface area contributed by atoms with E-state index in [0.717, 1.165) is 40.6 Å². The smallest absolute Gasteiger partial charge is 0.214 e. The number of hydrogen-bond donors (Lipinski definition) is 2. The van der Waals surface area contributed by atoms with Crippen molar-refractivity contribution in [2.24, 2.45) is 0 Å². The van der Waals surface area contributed by atoms with Crippen molar-refractivity contribution in [3.8, 4) is 11.1 Å². The van der Waals surface area contributed by atoms with Gasteiger partial charge < -0.3 is 4.98 Å². The average Bonchev–Trinajstić information content (AvgIpc) is 3.30. The molecule has 132 valence electrons. The number of aromatic nitrogens is 5. The van der Waals surface area contributed by atoms with Gasteiger partial charge in [0.15, 0.2) is 0 Å². The number of nitrogens with zero attached hydrogens (tertiary/aromatic N) is 4. The maximum absolute atomic E-state index is 12.0. The number of nitrogens with one attached hydrogen (secondary N) is 2. The molecular formula is C17H16N6O2S. The van der Waals surface area contributed by atoms with Crippen LogP contribution in [0.1, 0.15) is 18.5 Å². The summed E-state index contributed by atoms with van der Waals surface area (Å²) in [6.45, 7) is 0.227. The molecular weight excluding hydrogens is 352 g/mol. The molecule has 1 saturated carbocycles. The van der Waals surface area contributed by atoms with Gasteiger partial charge in [-0.15, -0.1) is 0 Å². The van der Waals surface area contributed by atoms with Gasteiger partial charge in [-0.1, -0.05) is 0 Å². The molecule has 1 aliphatic carbocycles. The Kier molecular flexibility index (Phi) is 3.34. The van der Waals surface area contributed by atoms with Gasteiger partial charge in [0.1, 0.15) is 5.65 Å². The van der Waals surface area contributed by atoms with E-state index in [1.54, 1.807) is 23.2 Å². The number of pyridine rings is 1. The number of hydrogen-bond acceptors (Lipinski definition) is 5. The third-order valence-corrected chi connectivity index (χ3v) is 6.50. The standard InChI is InChI=1S/C17H16N6O2S/c24-26(25,12-3-4-12)21-9-11-8-14-13(5-7-18-17(14)22-11)15-10-20-23-16(15)2-1-6-19-23/h1-2,5-8,10,12,21H,3-4,9H2,(H,18,22). The fourth-order valence-electron chi connectivity index (χ4n) is 3.13. The first-order valence-corrected chi connectivity index (χ1v) is 9.91. The highest BCUT2D eigenvalue weighted by Crippen LogP contribution is 2.31. The van der Waals surface area contributed by atoms with Gasteiger partial charge in [0.2, 0.25) is 10.0 Å². The number of aromatic amines is 1. The van der Waals surface area contributed by atoms with E-state index in [0.29, 0.717) is 5.65 Å². The van der Waals surface area contributed by atoms with Crippen LogP contribution in [0, 0.1) is 0 Å². The van der Waals surface area contributed by atoms with Crippen LogP contribution in [0.3, 0.4) is 0 Å². The Morgan fingerprint density at radius 2 is 2.08 bits per heavy atom. The van der Waals surface area contributed by atoms with E-state index in [2.05, 4.69) is 24.9 Å². The van der Waals surface area contributed by atoms with Gasteiger partial charge in [0, 0.05) is 29.0 Å². The monoisotopic (exact) mass is 368 g/mol. The number of sulfonamides is 1. The van der Waals surface area contributed by atoms with Gasteiger partial charge in [-0.05, 0) is 42.7 Å². The topological polar surface area (TPSA) is 105 Å². The predicted molar refractivity (Wildman–Crippen MR) is 96.9 cm³/mol. The zero-order chi connectivity index (χ0) is 17.7. The summed E-state index contributed by atoms with van der Waals surface area (Å²) in [5.41, 5.74) is 4.32. The maximum Gasteiger partial charge on any atom is 0.214 e. The maximum atomic E-state index is 12.0. The molecule has 0 radical (unpaired) electrons. The molecule has 0 aromatic carbocycles. The Balaban J connectivity index is 1.54. The molecule has 4 aromatic heterocycles. The molecule has 0 bridgehead atoms. The lowest BCUT2D eigenvalue weighted by molar-refractivity contribution is 0.579. The highest BCUT2D eigenvalue weighted by atomic mass is 32.2. The third-order valence-electron chi connectivity index (χ3n) is 4.61. The van der Waals surface area contributed by atoms with Crippen molar-refractivity contribution < 1.29 is 8.42 Å². The van der Waals surface area contributed by atoms with Gasteiger partial charge >= 0.3 is 0 Å². The Morgan fingerprint density at radius 1 is 1.19 bits per heavy atom. The van der Waals surface area contributed by atoms with Crippen LogP contribution in [0.15, 0.2) is 42.9 Å². The Bertz CT molecular complexity index is 1220. The van der Waals surface area contributed by atoms with Gasteiger partial charge in [0.25, 0.3) is 0 Å². The highest BCUT2D eigenvalue weighted by molar-refractivity contribution is 7.90. The summed E-state index contributed by atoms with van der Waals surface area (Å²) in [5.74, 6) is 0. The minimum Gasteiger partial charge on any atom is -0.342 e. The van der Waals surface area contributed by atoms with Crippen LogP contribution in [0.5, 0.6) is 0 Å². The van der Waals surface area contributed by atoms with Crippen LogP contribution in [0.2, 0.25) is 0 Å². The summed E-state index contributed by atoms with van der Waals surface area (Å²) in [6.07, 6.45) is 6.69. The molecule has 0 aliphatic heterocycles. The molecule has 26 heavy (non-hydrogen) atoms. The molecule has 0 unspecified atom stereocenters. The molecule has 8 nitrogen and oxygen atoms in total. The van der Waals surface area contributed by atoms with Crippen molar-refractivity contribution in [1.82, 2.24) is 29.5 Å². The SMILES string of the molecule is O=S(=O)(NCc1cc2c(-c3cnn4ncccc34)ccnc2[nH]1)C1CC1. The number of rotatable bonds is 5. The van der Waals surface area contributed by atoms with Crippen molar-refractivity contribution in [2.45, 2.75) is 24.6 Å². The fourth-order valence-corrected chi connectivity index (χ4v) is 4.48. The minimum absolute atomic E-state index is 0.227. The minimum atomic E-state index is -3.22. The van der Waals surface area contributed by atoms with Crippen molar-refractivity contribution in [3.05, 3.63) is 48.5 Å². The fraction of sp³-hybridized carbons (Fsp3) is 0.235. The average molecular weight is 368 g/mol. The van der Waals surface area contributed by atoms with Crippen molar-refractivity contribution >= 4 is 26.6 Å². The molecule has 5 rings (SSSR count). The van der Waals surface area contributed by atoms with E-state index in [-0.39, 0.29) is 11.8 Å². The van der Waals surface area contributed by atoms with Gasteiger partial charge in [0.05, 0.1) is 23.5 Å². The first-order chi connectivity index (χ1) is 12.6. The molecule has 4 aromatic rings. The van der Waals surface area contributed by atoms with Crippen molar-refractivity contribution in [2.75, 3.05) is 0 Å². The molecule has 0 saturated heterocycles. The lowest BCUT2D eigenvalue weighted by Gasteiger charge is -2.02. The van der Waals surface area contributed by atoms with Crippen LogP contribution in [0.25, 0.3) is 27.7 Å². The normalized spacial score (nSPS) is 15.1. The first kappa shape index (κ1) is 15.5. The zero-order valence-electron chi connectivity index (χ0n) is 13.8. The number of fused-ring (bicyclic) bond motifs is 2. The molecule has 9 heteroatoms. The van der Waals surface area contributed by atoms with Crippen molar-refractivity contribution in [1.29, 1.82) is 0 Å². The van der Waals surface area contributed by atoms with E-state index in [9.17, 15) is 8.42 Å². The lowest BCUT2D eigenvalue weighted by atomic mass is 10.1. The Hall–Kier alpha value is -2.78. The lowest BCUT2D eigenvalue weighted by Crippen LogP contribution is -2.26. The van der Waals surface area contributed by atoms with Crippen LogP contribution >= 0.6 is 0 Å². The van der Waals surface area contributed by atoms with Gasteiger partial charge in [-0.25, -0.2) is 18.1 Å². The molecule has 1 aliphatic rings. The number of H-pyrrole nitrogens is 1. The largest absolute Gasteiger partial charge is 0.342 e. The van der Waals surface area contributed by atoms with Crippen LogP contribution in [-0.2, 0) is 16.6 Å². The van der Waals surface area contributed by atoms with E-state index < -0.39 is 10.0 Å². The van der Waals surface area contributed by atoms with Gasteiger partial charge in [-0.3, -0.25) is 0 Å². The second kappa shape index (κ2) is 5.61. The second-order valence-electron chi connectivity index (χ2n) is 6.44. The van der Waals surface area contributed by atoms with Crippen LogP contribution in [-0.4, -0.2) is 38.5 Å². The summed E-state index contributed by atoms with van der Waals surface area (Å²) in [6, 6.07) is 7.69. The summed E-state index contributed by atoms with van der Waals surface area (Å²) < 4.78 is 28.3. The van der Waals surface area contributed by atoms with Crippen molar-refractivity contribution in [3.63, 3.8) is 0 Å². The molecule has 1 fully saturated rings. The third kappa shape index (κ3) is 2.56. The van der Waals surface area contributed by atoms with E-state index in [1.165, 1.54) is 0 Å². The summed E-state index contributed by atoms with van der Waals surface area (Å²) in [7, 11) is -3.22. The molecule has 0 atom stereocenters. The van der Waals surface area contributed by atoms with E-state index in [1.807, 2.05) is 24.3 Å². The quantitative estimate of drug-likeness (QED) is 0.559. The first-order valence-electron chi connectivity index (χ1n) is 8.36. The molecule has 0 spiro atoms.